The van der Waals surface area contributed by atoms with Crippen LogP contribution in [0.25, 0.3) is 17.2 Å². The molecule has 0 unspecified atom stereocenters. The van der Waals surface area contributed by atoms with Crippen LogP contribution in [0.15, 0.2) is 48.8 Å². The molecule has 108 valence electrons. The quantitative estimate of drug-likeness (QED) is 0.874. The van der Waals surface area contributed by atoms with Gasteiger partial charge in [-0.15, -0.1) is 0 Å². The topological polar surface area (TPSA) is 50.2 Å². The lowest BCUT2D eigenvalue weighted by molar-refractivity contribution is -0.137. The Bertz CT molecular complexity index is 679. The van der Waals surface area contributed by atoms with Crippen molar-refractivity contribution in [2.24, 2.45) is 0 Å². The fourth-order valence-corrected chi connectivity index (χ4v) is 1.78. The second-order valence-corrected chi connectivity index (χ2v) is 4.25. The number of carbonyl (C=O) groups is 1. The maximum Gasteiger partial charge on any atom is 0.416 e. The summed E-state index contributed by atoms with van der Waals surface area (Å²) in [5.74, 6) is -1.23. The van der Waals surface area contributed by atoms with Gasteiger partial charge in [-0.2, -0.15) is 13.2 Å². The first-order valence-corrected chi connectivity index (χ1v) is 5.90. The first-order valence-electron chi connectivity index (χ1n) is 5.90. The number of carboxylic acids is 1. The molecule has 6 heteroatoms. The Morgan fingerprint density at radius 1 is 1.19 bits per heavy atom. The van der Waals surface area contributed by atoms with Crippen LogP contribution in [0.5, 0.6) is 0 Å². The van der Waals surface area contributed by atoms with Gasteiger partial charge in [-0.1, -0.05) is 6.07 Å². The molecule has 0 fully saturated rings. The predicted octanol–water partition coefficient (Wildman–Crippen LogP) is 3.87. The Labute approximate surface area is 118 Å². The molecule has 1 N–H and O–H groups in total. The minimum atomic E-state index is -4.51. The maximum absolute atomic E-state index is 12.9. The van der Waals surface area contributed by atoms with E-state index in [0.717, 1.165) is 24.3 Å². The summed E-state index contributed by atoms with van der Waals surface area (Å²) in [6.45, 7) is 0. The molecule has 0 aliphatic rings. The first kappa shape index (κ1) is 14.8. The highest BCUT2D eigenvalue weighted by Gasteiger charge is 2.31. The van der Waals surface area contributed by atoms with Crippen molar-refractivity contribution < 1.29 is 23.1 Å². The highest BCUT2D eigenvalue weighted by molar-refractivity contribution is 5.85. The molecule has 1 aromatic carbocycles. The standard InChI is InChI=1S/C15H10F3NO2/c16-15(17,18)13-7-10(3-4-14(20)21)6-12(8-13)11-2-1-5-19-9-11/h1-9H,(H,20,21). The minimum Gasteiger partial charge on any atom is -0.478 e. The average molecular weight is 293 g/mol. The van der Waals surface area contributed by atoms with Crippen LogP contribution in [0, 0.1) is 0 Å². The maximum atomic E-state index is 12.9. The molecule has 21 heavy (non-hydrogen) atoms. The number of pyridine rings is 1. The van der Waals surface area contributed by atoms with Crippen molar-refractivity contribution >= 4 is 12.0 Å². The summed E-state index contributed by atoms with van der Waals surface area (Å²) in [6.07, 6.45) is 0.368. The predicted molar refractivity (Wildman–Crippen MR) is 71.3 cm³/mol. The van der Waals surface area contributed by atoms with E-state index in [4.69, 9.17) is 5.11 Å². The molecule has 0 bridgehead atoms. The summed E-state index contributed by atoms with van der Waals surface area (Å²) in [7, 11) is 0. The Kier molecular flexibility index (Phi) is 4.07. The number of rotatable bonds is 3. The third kappa shape index (κ3) is 3.92. The molecule has 2 aromatic rings. The van der Waals surface area contributed by atoms with Crippen LogP contribution in [0.4, 0.5) is 13.2 Å². The molecule has 0 atom stereocenters. The Morgan fingerprint density at radius 2 is 1.95 bits per heavy atom. The van der Waals surface area contributed by atoms with E-state index >= 15 is 0 Å². The molecule has 3 nitrogen and oxygen atoms in total. The van der Waals surface area contributed by atoms with Crippen molar-refractivity contribution in [2.45, 2.75) is 6.18 Å². The van der Waals surface area contributed by atoms with Gasteiger partial charge >= 0.3 is 12.1 Å². The van der Waals surface area contributed by atoms with Gasteiger partial charge in [-0.25, -0.2) is 4.79 Å². The fraction of sp³-hybridized carbons (Fsp3) is 0.0667. The fourth-order valence-electron chi connectivity index (χ4n) is 1.78. The van der Waals surface area contributed by atoms with Crippen LogP contribution in [0.2, 0.25) is 0 Å². The van der Waals surface area contributed by atoms with Crippen molar-refractivity contribution in [1.82, 2.24) is 4.98 Å². The molecule has 0 radical (unpaired) electrons. The van der Waals surface area contributed by atoms with E-state index in [9.17, 15) is 18.0 Å². The number of hydrogen-bond donors (Lipinski definition) is 1. The molecule has 2 rings (SSSR count). The van der Waals surface area contributed by atoms with E-state index in [1.165, 1.54) is 18.5 Å². The third-order valence-corrected chi connectivity index (χ3v) is 2.70. The van der Waals surface area contributed by atoms with Crippen LogP contribution >= 0.6 is 0 Å². The van der Waals surface area contributed by atoms with Crippen LogP contribution in [-0.2, 0) is 11.0 Å². The summed E-state index contributed by atoms with van der Waals surface area (Å²) in [5.41, 5.74) is 0.163. The molecule has 0 amide bonds. The van der Waals surface area contributed by atoms with Gasteiger partial charge in [0.1, 0.15) is 0 Å². The largest absolute Gasteiger partial charge is 0.478 e. The lowest BCUT2D eigenvalue weighted by atomic mass is 10.0. The van der Waals surface area contributed by atoms with Crippen molar-refractivity contribution in [1.29, 1.82) is 0 Å². The minimum absolute atomic E-state index is 0.158. The second-order valence-electron chi connectivity index (χ2n) is 4.25. The summed E-state index contributed by atoms with van der Waals surface area (Å²) in [6, 6.07) is 6.63. The van der Waals surface area contributed by atoms with E-state index in [1.807, 2.05) is 0 Å². The Morgan fingerprint density at radius 3 is 2.52 bits per heavy atom. The zero-order chi connectivity index (χ0) is 15.5. The number of aliphatic carboxylic acids is 1. The van der Waals surface area contributed by atoms with Gasteiger partial charge in [0.15, 0.2) is 0 Å². The van der Waals surface area contributed by atoms with Gasteiger partial charge in [-0.05, 0) is 41.5 Å². The summed E-state index contributed by atoms with van der Waals surface area (Å²) < 4.78 is 38.7. The normalized spacial score (nSPS) is 11.8. The highest BCUT2D eigenvalue weighted by atomic mass is 19.4. The van der Waals surface area contributed by atoms with E-state index in [-0.39, 0.29) is 5.56 Å². The van der Waals surface area contributed by atoms with Gasteiger partial charge in [0.2, 0.25) is 0 Å². The molecule has 0 aliphatic heterocycles. The number of nitrogens with zero attached hydrogens (tertiary/aromatic N) is 1. The zero-order valence-electron chi connectivity index (χ0n) is 10.6. The van der Waals surface area contributed by atoms with Crippen molar-refractivity contribution in [2.75, 3.05) is 0 Å². The first-order chi connectivity index (χ1) is 9.86. The number of benzene rings is 1. The molecule has 0 aliphatic carbocycles. The lowest BCUT2D eigenvalue weighted by Gasteiger charge is -2.11. The molecule has 0 saturated heterocycles. The molecule has 0 saturated carbocycles. The van der Waals surface area contributed by atoms with Gasteiger partial charge < -0.3 is 5.11 Å². The molecule has 1 aromatic heterocycles. The Hall–Kier alpha value is -2.63. The Balaban J connectivity index is 2.55. The van der Waals surface area contributed by atoms with E-state index in [0.29, 0.717) is 11.1 Å². The summed E-state index contributed by atoms with van der Waals surface area (Å²) in [4.78, 5) is 14.4. The summed E-state index contributed by atoms with van der Waals surface area (Å²) >= 11 is 0. The highest BCUT2D eigenvalue weighted by Crippen LogP contribution is 2.33. The van der Waals surface area contributed by atoms with Crippen LogP contribution < -0.4 is 0 Å². The van der Waals surface area contributed by atoms with Gasteiger partial charge in [0.05, 0.1) is 5.56 Å². The number of alkyl halides is 3. The third-order valence-electron chi connectivity index (χ3n) is 2.70. The van der Waals surface area contributed by atoms with Crippen LogP contribution in [0.1, 0.15) is 11.1 Å². The molecule has 0 spiro atoms. The molecule has 1 heterocycles. The smallest absolute Gasteiger partial charge is 0.416 e. The average Bonchev–Trinajstić information content (AvgIpc) is 2.45. The molecular formula is C15H10F3NO2. The number of hydrogen-bond acceptors (Lipinski definition) is 2. The number of carboxylic acid groups (broad SMARTS) is 1. The van der Waals surface area contributed by atoms with E-state index < -0.39 is 17.7 Å². The second kappa shape index (κ2) is 5.78. The lowest BCUT2D eigenvalue weighted by Crippen LogP contribution is -2.05. The van der Waals surface area contributed by atoms with Gasteiger partial charge in [0, 0.05) is 24.0 Å². The van der Waals surface area contributed by atoms with Gasteiger partial charge in [0.25, 0.3) is 0 Å². The van der Waals surface area contributed by atoms with Gasteiger partial charge in [-0.3, -0.25) is 4.98 Å². The zero-order valence-corrected chi connectivity index (χ0v) is 10.6. The molecular weight excluding hydrogens is 283 g/mol. The van der Waals surface area contributed by atoms with Crippen molar-refractivity contribution in [3.8, 4) is 11.1 Å². The number of halogens is 3. The van der Waals surface area contributed by atoms with Crippen LogP contribution in [0.3, 0.4) is 0 Å². The van der Waals surface area contributed by atoms with E-state index in [1.54, 1.807) is 12.1 Å². The van der Waals surface area contributed by atoms with Crippen LogP contribution in [-0.4, -0.2) is 16.1 Å². The number of aromatic nitrogens is 1. The monoisotopic (exact) mass is 293 g/mol. The van der Waals surface area contributed by atoms with Crippen molar-refractivity contribution in [3.05, 3.63) is 59.9 Å². The van der Waals surface area contributed by atoms with Crippen molar-refractivity contribution in [3.63, 3.8) is 0 Å². The summed E-state index contributed by atoms with van der Waals surface area (Å²) in [5, 5.41) is 8.57. The van der Waals surface area contributed by atoms with E-state index in [2.05, 4.69) is 4.98 Å². The SMILES string of the molecule is O=C(O)C=Cc1cc(-c2cccnc2)cc(C(F)(F)F)c1.